The van der Waals surface area contributed by atoms with Gasteiger partial charge in [-0.1, -0.05) is 37.3 Å². The van der Waals surface area contributed by atoms with Crippen LogP contribution in [0, 0.1) is 0 Å². The fourth-order valence-corrected chi connectivity index (χ4v) is 2.76. The van der Waals surface area contributed by atoms with Crippen molar-refractivity contribution < 1.29 is 18.7 Å². The fraction of sp³-hybridized carbons (Fsp3) is 0.227. The van der Waals surface area contributed by atoms with Crippen LogP contribution in [-0.4, -0.2) is 24.6 Å². The van der Waals surface area contributed by atoms with Crippen LogP contribution in [0.2, 0.25) is 0 Å². The van der Waals surface area contributed by atoms with E-state index in [1.54, 1.807) is 18.2 Å². The minimum absolute atomic E-state index is 0.0362. The van der Waals surface area contributed by atoms with Gasteiger partial charge in [0.25, 0.3) is 5.91 Å². The summed E-state index contributed by atoms with van der Waals surface area (Å²) in [6.45, 7) is 3.42. The molecule has 1 atom stereocenters. The van der Waals surface area contributed by atoms with Gasteiger partial charge in [0.1, 0.15) is 11.3 Å². The smallest absolute Gasteiger partial charge is 0.336 e. The van der Waals surface area contributed by atoms with Crippen molar-refractivity contribution in [1.29, 1.82) is 0 Å². The molecule has 2 N–H and O–H groups in total. The number of carbonyl (C=O) groups is 2. The second-order valence-electron chi connectivity index (χ2n) is 6.62. The highest BCUT2D eigenvalue weighted by atomic mass is 16.5. The Bertz CT molecular complexity index is 1080. The summed E-state index contributed by atoms with van der Waals surface area (Å²) in [6, 6.07) is 15.4. The van der Waals surface area contributed by atoms with Crippen LogP contribution in [0.25, 0.3) is 22.1 Å². The van der Waals surface area contributed by atoms with Gasteiger partial charge in [-0.25, -0.2) is 9.59 Å². The first-order valence-electron chi connectivity index (χ1n) is 9.32. The summed E-state index contributed by atoms with van der Waals surface area (Å²) < 4.78 is 10.7. The number of hydrogen-bond acceptors (Lipinski definition) is 5. The SMILES string of the molecule is CC[C@H](C)NC(=O)NC(=O)COc1ccc2c(-c3ccccc3)cc(=O)oc2c1. The Morgan fingerprint density at radius 2 is 1.86 bits per heavy atom. The fourth-order valence-electron chi connectivity index (χ4n) is 2.76. The van der Waals surface area contributed by atoms with Crippen LogP contribution in [0.3, 0.4) is 0 Å². The molecule has 0 unspecified atom stereocenters. The number of rotatable bonds is 6. The molecule has 0 aliphatic heterocycles. The summed E-state index contributed by atoms with van der Waals surface area (Å²) in [5, 5.41) is 5.59. The predicted octanol–water partition coefficient (Wildman–Crippen LogP) is 3.46. The molecule has 3 amide bonds. The molecule has 0 fully saturated rings. The number of benzene rings is 2. The second kappa shape index (κ2) is 9.05. The van der Waals surface area contributed by atoms with Crippen LogP contribution in [0.4, 0.5) is 4.79 Å². The van der Waals surface area contributed by atoms with E-state index in [-0.39, 0.29) is 12.6 Å². The van der Waals surface area contributed by atoms with Crippen molar-refractivity contribution in [2.75, 3.05) is 6.61 Å². The number of hydrogen-bond donors (Lipinski definition) is 2. The molecule has 1 heterocycles. The zero-order valence-corrected chi connectivity index (χ0v) is 16.2. The predicted molar refractivity (Wildman–Crippen MR) is 110 cm³/mol. The summed E-state index contributed by atoms with van der Waals surface area (Å²) in [5.74, 6) is -0.228. The summed E-state index contributed by atoms with van der Waals surface area (Å²) >= 11 is 0. The third-order valence-corrected chi connectivity index (χ3v) is 4.41. The highest BCUT2D eigenvalue weighted by molar-refractivity contribution is 5.95. The molecule has 7 heteroatoms. The lowest BCUT2D eigenvalue weighted by Crippen LogP contribution is -2.44. The van der Waals surface area contributed by atoms with Crippen molar-refractivity contribution in [2.45, 2.75) is 26.3 Å². The van der Waals surface area contributed by atoms with Crippen molar-refractivity contribution in [3.8, 4) is 16.9 Å². The summed E-state index contributed by atoms with van der Waals surface area (Å²) in [5.41, 5.74) is 1.52. The van der Waals surface area contributed by atoms with Crippen LogP contribution >= 0.6 is 0 Å². The molecule has 1 aromatic heterocycles. The minimum Gasteiger partial charge on any atom is -0.484 e. The molecular weight excluding hydrogens is 372 g/mol. The van der Waals surface area contributed by atoms with E-state index in [1.807, 2.05) is 44.2 Å². The molecule has 0 aliphatic rings. The van der Waals surface area contributed by atoms with E-state index in [9.17, 15) is 14.4 Å². The molecule has 3 rings (SSSR count). The molecule has 0 spiro atoms. The Kier molecular flexibility index (Phi) is 6.29. The maximum absolute atomic E-state index is 12.0. The number of ether oxygens (including phenoxy) is 1. The number of nitrogens with one attached hydrogen (secondary N) is 2. The molecule has 0 saturated heterocycles. The minimum atomic E-state index is -0.578. The van der Waals surface area contributed by atoms with Gasteiger partial charge in [0, 0.05) is 23.6 Å². The van der Waals surface area contributed by atoms with Crippen molar-refractivity contribution >= 4 is 22.9 Å². The Morgan fingerprint density at radius 1 is 1.10 bits per heavy atom. The molecule has 2 aromatic carbocycles. The number of carbonyl (C=O) groups excluding carboxylic acids is 2. The van der Waals surface area contributed by atoms with E-state index in [1.165, 1.54) is 6.07 Å². The van der Waals surface area contributed by atoms with E-state index < -0.39 is 17.6 Å². The molecule has 150 valence electrons. The third-order valence-electron chi connectivity index (χ3n) is 4.41. The molecule has 0 bridgehead atoms. The van der Waals surface area contributed by atoms with Gasteiger partial charge in [-0.2, -0.15) is 0 Å². The van der Waals surface area contributed by atoms with E-state index in [0.29, 0.717) is 11.3 Å². The Balaban J connectivity index is 1.73. The van der Waals surface area contributed by atoms with Gasteiger partial charge in [0.05, 0.1) is 0 Å². The first kappa shape index (κ1) is 20.1. The molecule has 0 radical (unpaired) electrons. The van der Waals surface area contributed by atoms with E-state index in [0.717, 1.165) is 22.9 Å². The Morgan fingerprint density at radius 3 is 2.59 bits per heavy atom. The third kappa shape index (κ3) is 5.22. The average Bonchev–Trinajstić information content (AvgIpc) is 2.71. The maximum Gasteiger partial charge on any atom is 0.336 e. The second-order valence-corrected chi connectivity index (χ2v) is 6.62. The maximum atomic E-state index is 12.0. The topological polar surface area (TPSA) is 97.6 Å². The van der Waals surface area contributed by atoms with E-state index in [4.69, 9.17) is 9.15 Å². The first-order chi connectivity index (χ1) is 14.0. The largest absolute Gasteiger partial charge is 0.484 e. The van der Waals surface area contributed by atoms with Crippen molar-refractivity contribution in [1.82, 2.24) is 10.6 Å². The lowest BCUT2D eigenvalue weighted by atomic mass is 10.0. The van der Waals surface area contributed by atoms with Crippen molar-refractivity contribution in [3.05, 3.63) is 65.0 Å². The standard InChI is InChI=1S/C22H22N2O5/c1-3-14(2)23-22(27)24-20(25)13-28-16-9-10-17-18(15-7-5-4-6-8-15)12-21(26)29-19(17)11-16/h4-12,14H,3,13H2,1-2H3,(H2,23,24,25,27)/t14-/m0/s1. The van der Waals surface area contributed by atoms with Gasteiger partial charge in [-0.3, -0.25) is 10.1 Å². The van der Waals surface area contributed by atoms with Crippen LogP contribution in [0.1, 0.15) is 20.3 Å². The van der Waals surface area contributed by atoms with E-state index >= 15 is 0 Å². The van der Waals surface area contributed by atoms with Gasteiger partial charge in [-0.05, 0) is 36.6 Å². The molecule has 0 saturated carbocycles. The number of fused-ring (bicyclic) bond motifs is 1. The van der Waals surface area contributed by atoms with Gasteiger partial charge in [0.15, 0.2) is 6.61 Å². The summed E-state index contributed by atoms with van der Waals surface area (Å²) in [7, 11) is 0. The van der Waals surface area contributed by atoms with Crippen molar-refractivity contribution in [2.24, 2.45) is 0 Å². The highest BCUT2D eigenvalue weighted by Gasteiger charge is 2.12. The molecule has 7 nitrogen and oxygen atoms in total. The lowest BCUT2D eigenvalue weighted by molar-refractivity contribution is -0.122. The van der Waals surface area contributed by atoms with Gasteiger partial charge in [-0.15, -0.1) is 0 Å². The Labute approximate surface area is 167 Å². The monoisotopic (exact) mass is 394 g/mol. The quantitative estimate of drug-likeness (QED) is 0.624. The van der Waals surface area contributed by atoms with Crippen molar-refractivity contribution in [3.63, 3.8) is 0 Å². The zero-order chi connectivity index (χ0) is 20.8. The molecular formula is C22H22N2O5. The van der Waals surface area contributed by atoms with Crippen LogP contribution in [0.5, 0.6) is 5.75 Å². The van der Waals surface area contributed by atoms with Crippen LogP contribution < -0.4 is 21.0 Å². The van der Waals surface area contributed by atoms with Gasteiger partial charge >= 0.3 is 11.7 Å². The number of urea groups is 1. The number of amides is 3. The zero-order valence-electron chi connectivity index (χ0n) is 16.2. The number of imide groups is 1. The molecule has 29 heavy (non-hydrogen) atoms. The highest BCUT2D eigenvalue weighted by Crippen LogP contribution is 2.29. The average molecular weight is 394 g/mol. The lowest BCUT2D eigenvalue weighted by Gasteiger charge is -2.12. The molecule has 0 aliphatic carbocycles. The van der Waals surface area contributed by atoms with Crippen LogP contribution in [-0.2, 0) is 4.79 Å². The molecule has 3 aromatic rings. The van der Waals surface area contributed by atoms with Gasteiger partial charge < -0.3 is 14.5 Å². The first-order valence-corrected chi connectivity index (χ1v) is 9.32. The Hall–Kier alpha value is -3.61. The summed E-state index contributed by atoms with van der Waals surface area (Å²) in [6.07, 6.45) is 0.755. The van der Waals surface area contributed by atoms with Gasteiger partial charge in [0.2, 0.25) is 0 Å². The van der Waals surface area contributed by atoms with E-state index in [2.05, 4.69) is 10.6 Å². The van der Waals surface area contributed by atoms with Crippen LogP contribution in [0.15, 0.2) is 63.8 Å². The normalized spacial score (nSPS) is 11.7. The summed E-state index contributed by atoms with van der Waals surface area (Å²) in [4.78, 5) is 35.5.